The average molecular weight is 473 g/mol. The van der Waals surface area contributed by atoms with Gasteiger partial charge in [-0.3, -0.25) is 9.10 Å². The molecule has 8 heteroatoms. The SMILES string of the molecule is Cc1ccc(C)c(NC(=O)COc2ccc(N(Cc3ccccc3Cl)S(C)(=O)=O)cc2)c1. The van der Waals surface area contributed by atoms with Crippen molar-refractivity contribution in [1.82, 2.24) is 0 Å². The molecule has 3 aromatic carbocycles. The minimum atomic E-state index is -3.54. The van der Waals surface area contributed by atoms with Crippen LogP contribution in [0.1, 0.15) is 16.7 Å². The van der Waals surface area contributed by atoms with Crippen LogP contribution in [0.15, 0.2) is 66.7 Å². The molecule has 0 saturated heterocycles. The minimum Gasteiger partial charge on any atom is -0.484 e. The lowest BCUT2D eigenvalue weighted by Gasteiger charge is -2.23. The van der Waals surface area contributed by atoms with Crippen LogP contribution in [-0.4, -0.2) is 27.2 Å². The maximum atomic E-state index is 12.4. The van der Waals surface area contributed by atoms with Crippen LogP contribution in [0.2, 0.25) is 5.02 Å². The second-order valence-electron chi connectivity index (χ2n) is 7.51. The van der Waals surface area contributed by atoms with Gasteiger partial charge >= 0.3 is 0 Å². The summed E-state index contributed by atoms with van der Waals surface area (Å²) in [6.07, 6.45) is 1.14. The lowest BCUT2D eigenvalue weighted by Crippen LogP contribution is -2.29. The van der Waals surface area contributed by atoms with Gasteiger partial charge in [0.2, 0.25) is 10.0 Å². The van der Waals surface area contributed by atoms with Gasteiger partial charge in [-0.15, -0.1) is 0 Å². The quantitative estimate of drug-likeness (QED) is 0.503. The Hall–Kier alpha value is -3.03. The maximum absolute atomic E-state index is 12.4. The number of carbonyl (C=O) groups is 1. The topological polar surface area (TPSA) is 75.7 Å². The molecule has 1 amide bonds. The fourth-order valence-corrected chi connectivity index (χ4v) is 4.17. The number of carbonyl (C=O) groups excluding carboxylic acids is 1. The number of anilines is 2. The van der Waals surface area contributed by atoms with Gasteiger partial charge in [-0.25, -0.2) is 8.42 Å². The molecule has 0 heterocycles. The van der Waals surface area contributed by atoms with Crippen LogP contribution in [0.25, 0.3) is 0 Å². The Bertz CT molecular complexity index is 1210. The maximum Gasteiger partial charge on any atom is 0.262 e. The van der Waals surface area contributed by atoms with Crippen molar-refractivity contribution in [2.24, 2.45) is 0 Å². The standard InChI is InChI=1S/C24H25ClN2O4S/c1-17-8-9-18(2)23(14-17)26-24(28)16-31-21-12-10-20(11-13-21)27(32(3,29)30)15-19-6-4-5-7-22(19)25/h4-14H,15-16H2,1-3H3,(H,26,28). The summed E-state index contributed by atoms with van der Waals surface area (Å²) in [5, 5.41) is 3.34. The van der Waals surface area contributed by atoms with Gasteiger partial charge < -0.3 is 10.1 Å². The minimum absolute atomic E-state index is 0.108. The zero-order chi connectivity index (χ0) is 23.3. The first-order valence-corrected chi connectivity index (χ1v) is 12.2. The van der Waals surface area contributed by atoms with E-state index < -0.39 is 10.0 Å². The molecule has 0 saturated carbocycles. The van der Waals surface area contributed by atoms with E-state index in [2.05, 4.69) is 5.32 Å². The smallest absolute Gasteiger partial charge is 0.262 e. The number of nitrogens with one attached hydrogen (secondary N) is 1. The Balaban J connectivity index is 1.67. The van der Waals surface area contributed by atoms with Crippen LogP contribution in [0, 0.1) is 13.8 Å². The number of ether oxygens (including phenoxy) is 1. The van der Waals surface area contributed by atoms with Crippen LogP contribution >= 0.6 is 11.6 Å². The molecule has 0 aliphatic carbocycles. The number of sulfonamides is 1. The molecule has 32 heavy (non-hydrogen) atoms. The van der Waals surface area contributed by atoms with E-state index >= 15 is 0 Å². The highest BCUT2D eigenvalue weighted by molar-refractivity contribution is 7.92. The van der Waals surface area contributed by atoms with Crippen LogP contribution in [0.4, 0.5) is 11.4 Å². The van der Waals surface area contributed by atoms with Gasteiger partial charge in [-0.2, -0.15) is 0 Å². The summed E-state index contributed by atoms with van der Waals surface area (Å²) in [7, 11) is -3.54. The van der Waals surface area contributed by atoms with Gasteiger partial charge in [0.1, 0.15) is 5.75 Å². The number of rotatable bonds is 8. The molecular formula is C24H25ClN2O4S. The van der Waals surface area contributed by atoms with Crippen molar-refractivity contribution < 1.29 is 17.9 Å². The largest absolute Gasteiger partial charge is 0.484 e. The number of halogens is 1. The fourth-order valence-electron chi connectivity index (χ4n) is 3.10. The Morgan fingerprint density at radius 1 is 1.03 bits per heavy atom. The Morgan fingerprint density at radius 2 is 1.72 bits per heavy atom. The molecule has 3 aromatic rings. The molecule has 0 fully saturated rings. The van der Waals surface area contributed by atoms with E-state index in [0.29, 0.717) is 22.0 Å². The molecule has 0 atom stereocenters. The molecule has 1 N–H and O–H groups in total. The first kappa shape index (κ1) is 23.6. The normalized spacial score (nSPS) is 11.1. The summed E-state index contributed by atoms with van der Waals surface area (Å²) in [5.74, 6) is 0.176. The molecular weight excluding hydrogens is 448 g/mol. The highest BCUT2D eigenvalue weighted by Crippen LogP contribution is 2.26. The lowest BCUT2D eigenvalue weighted by molar-refractivity contribution is -0.118. The average Bonchev–Trinajstić information content (AvgIpc) is 2.74. The van der Waals surface area contributed by atoms with E-state index in [1.54, 1.807) is 42.5 Å². The van der Waals surface area contributed by atoms with Crippen molar-refractivity contribution >= 4 is 38.9 Å². The van der Waals surface area contributed by atoms with E-state index in [4.69, 9.17) is 16.3 Å². The van der Waals surface area contributed by atoms with Crippen molar-refractivity contribution in [3.8, 4) is 5.75 Å². The summed E-state index contributed by atoms with van der Waals surface area (Å²) >= 11 is 6.20. The van der Waals surface area contributed by atoms with Crippen molar-refractivity contribution in [2.75, 3.05) is 22.5 Å². The Morgan fingerprint density at radius 3 is 2.38 bits per heavy atom. The van der Waals surface area contributed by atoms with E-state index in [1.807, 2.05) is 38.1 Å². The first-order valence-electron chi connectivity index (χ1n) is 9.94. The van der Waals surface area contributed by atoms with E-state index in [-0.39, 0.29) is 19.1 Å². The number of aryl methyl sites for hydroxylation is 2. The Labute approximate surface area is 193 Å². The van der Waals surface area contributed by atoms with Crippen LogP contribution in [-0.2, 0) is 21.4 Å². The number of hydrogen-bond acceptors (Lipinski definition) is 4. The molecule has 0 aromatic heterocycles. The van der Waals surface area contributed by atoms with Crippen molar-refractivity contribution in [3.05, 3.63) is 88.4 Å². The lowest BCUT2D eigenvalue weighted by atomic mass is 10.1. The number of hydrogen-bond donors (Lipinski definition) is 1. The molecule has 0 aliphatic heterocycles. The van der Waals surface area contributed by atoms with Crippen molar-refractivity contribution in [2.45, 2.75) is 20.4 Å². The van der Waals surface area contributed by atoms with E-state index in [1.165, 1.54) is 4.31 Å². The number of benzene rings is 3. The number of amides is 1. The molecule has 0 radical (unpaired) electrons. The molecule has 0 bridgehead atoms. The van der Waals surface area contributed by atoms with Gasteiger partial charge in [0.05, 0.1) is 18.5 Å². The van der Waals surface area contributed by atoms with Gasteiger partial charge in [0, 0.05) is 10.7 Å². The highest BCUT2D eigenvalue weighted by Gasteiger charge is 2.19. The van der Waals surface area contributed by atoms with Gasteiger partial charge in [0.15, 0.2) is 6.61 Å². The highest BCUT2D eigenvalue weighted by atomic mass is 35.5. The summed E-state index contributed by atoms with van der Waals surface area (Å²) in [6, 6.07) is 19.5. The third-order valence-electron chi connectivity index (χ3n) is 4.83. The van der Waals surface area contributed by atoms with Crippen molar-refractivity contribution in [3.63, 3.8) is 0 Å². The molecule has 6 nitrogen and oxygen atoms in total. The molecule has 3 rings (SSSR count). The second kappa shape index (κ2) is 10.1. The van der Waals surface area contributed by atoms with E-state index in [0.717, 1.165) is 23.1 Å². The van der Waals surface area contributed by atoms with E-state index in [9.17, 15) is 13.2 Å². The monoisotopic (exact) mass is 472 g/mol. The number of nitrogens with zero attached hydrogens (tertiary/aromatic N) is 1. The predicted molar refractivity (Wildman–Crippen MR) is 129 cm³/mol. The molecule has 0 aliphatic rings. The predicted octanol–water partition coefficient (Wildman–Crippen LogP) is 4.94. The fraction of sp³-hybridized carbons (Fsp3) is 0.208. The summed E-state index contributed by atoms with van der Waals surface area (Å²) in [6.45, 7) is 3.82. The summed E-state index contributed by atoms with van der Waals surface area (Å²) < 4.78 is 31.6. The van der Waals surface area contributed by atoms with Gasteiger partial charge in [-0.05, 0) is 66.9 Å². The van der Waals surface area contributed by atoms with Crippen LogP contribution < -0.4 is 14.4 Å². The Kier molecular flexibility index (Phi) is 7.43. The van der Waals surface area contributed by atoms with Gasteiger partial charge in [0.25, 0.3) is 5.91 Å². The second-order valence-corrected chi connectivity index (χ2v) is 9.82. The molecule has 0 spiro atoms. The van der Waals surface area contributed by atoms with Crippen molar-refractivity contribution in [1.29, 1.82) is 0 Å². The van der Waals surface area contributed by atoms with Gasteiger partial charge in [-0.1, -0.05) is 41.9 Å². The molecule has 168 valence electrons. The third kappa shape index (κ3) is 6.24. The van der Waals surface area contributed by atoms with Crippen LogP contribution in [0.3, 0.4) is 0 Å². The zero-order valence-corrected chi connectivity index (χ0v) is 19.7. The summed E-state index contributed by atoms with van der Waals surface area (Å²) in [4.78, 5) is 12.3. The first-order chi connectivity index (χ1) is 15.1. The third-order valence-corrected chi connectivity index (χ3v) is 6.34. The summed E-state index contributed by atoms with van der Waals surface area (Å²) in [5.41, 5.74) is 3.93. The zero-order valence-electron chi connectivity index (χ0n) is 18.1. The molecule has 0 unspecified atom stereocenters. The van der Waals surface area contributed by atoms with Crippen LogP contribution in [0.5, 0.6) is 5.75 Å².